The fourth-order valence-electron chi connectivity index (χ4n) is 0.876. The molecule has 0 radical (unpaired) electrons. The first-order chi connectivity index (χ1) is 4.61. The number of nitrogens with one attached hydrogen (secondary N) is 1. The molecule has 3 nitrogen and oxygen atoms in total. The second-order valence-electron chi connectivity index (χ2n) is 2.56. The third kappa shape index (κ3) is 1.07. The minimum Gasteiger partial charge on any atom is -0.305 e. The van der Waals surface area contributed by atoms with Gasteiger partial charge in [-0.15, -0.1) is 0 Å². The molecule has 0 fully saturated rings. The highest BCUT2D eigenvalue weighted by Gasteiger charge is 2.19. The molecule has 0 unspecified atom stereocenters. The molecule has 0 aromatic rings. The molecule has 3 heteroatoms. The van der Waals surface area contributed by atoms with Crippen LogP contribution in [0.5, 0.6) is 0 Å². The maximum Gasteiger partial charge on any atom is 0.345 e. The summed E-state index contributed by atoms with van der Waals surface area (Å²) < 4.78 is 0. The lowest BCUT2D eigenvalue weighted by atomic mass is 10.1. The minimum absolute atomic E-state index is 0.270. The van der Waals surface area contributed by atoms with Crippen molar-refractivity contribution < 1.29 is 4.79 Å². The molecule has 0 aromatic heterocycles. The van der Waals surface area contributed by atoms with Crippen LogP contribution in [0, 0.1) is 5.92 Å². The molecule has 1 N–H and O–H groups in total. The van der Waals surface area contributed by atoms with Crippen LogP contribution in [0.3, 0.4) is 0 Å². The van der Waals surface area contributed by atoms with Gasteiger partial charge < -0.3 is 5.32 Å². The van der Waals surface area contributed by atoms with Gasteiger partial charge in [0, 0.05) is 0 Å². The second kappa shape index (κ2) is 2.25. The quantitative estimate of drug-likeness (QED) is 0.583. The number of allylic oxidation sites excluding steroid dienone is 1. The first-order valence-corrected chi connectivity index (χ1v) is 3.20. The van der Waals surface area contributed by atoms with Crippen molar-refractivity contribution in [2.24, 2.45) is 10.9 Å². The first kappa shape index (κ1) is 6.99. The van der Waals surface area contributed by atoms with E-state index in [1.807, 2.05) is 13.8 Å². The topological polar surface area (TPSA) is 41.5 Å². The zero-order valence-electron chi connectivity index (χ0n) is 6.14. The SMILES string of the molecule is C=C1NC(=O)N=C1C(C)C. The van der Waals surface area contributed by atoms with Gasteiger partial charge in [0.1, 0.15) is 0 Å². The Labute approximate surface area is 59.8 Å². The van der Waals surface area contributed by atoms with Crippen LogP contribution < -0.4 is 5.32 Å². The number of hydrogen-bond donors (Lipinski definition) is 1. The van der Waals surface area contributed by atoms with Gasteiger partial charge in [-0.1, -0.05) is 20.4 Å². The number of aliphatic imine (C=N–C) groups is 1. The molecule has 0 spiro atoms. The first-order valence-electron chi connectivity index (χ1n) is 3.20. The maximum atomic E-state index is 10.6. The van der Waals surface area contributed by atoms with Crippen LogP contribution in [0.25, 0.3) is 0 Å². The maximum absolute atomic E-state index is 10.6. The van der Waals surface area contributed by atoms with E-state index in [9.17, 15) is 4.79 Å². The van der Waals surface area contributed by atoms with Crippen molar-refractivity contribution in [3.63, 3.8) is 0 Å². The van der Waals surface area contributed by atoms with E-state index in [-0.39, 0.29) is 11.9 Å². The predicted molar refractivity (Wildman–Crippen MR) is 39.9 cm³/mol. The van der Waals surface area contributed by atoms with E-state index in [2.05, 4.69) is 16.9 Å². The van der Waals surface area contributed by atoms with Crippen LogP contribution in [-0.4, -0.2) is 11.7 Å². The number of nitrogens with zero attached hydrogens (tertiary/aromatic N) is 1. The summed E-state index contributed by atoms with van der Waals surface area (Å²) in [6.45, 7) is 7.60. The third-order valence-corrected chi connectivity index (χ3v) is 1.34. The van der Waals surface area contributed by atoms with Crippen LogP contribution >= 0.6 is 0 Å². The zero-order chi connectivity index (χ0) is 7.72. The summed E-state index contributed by atoms with van der Waals surface area (Å²) in [7, 11) is 0. The summed E-state index contributed by atoms with van der Waals surface area (Å²) in [6.07, 6.45) is 0. The van der Waals surface area contributed by atoms with E-state index in [1.54, 1.807) is 0 Å². The summed E-state index contributed by atoms with van der Waals surface area (Å²) in [5.74, 6) is 0.270. The van der Waals surface area contributed by atoms with Gasteiger partial charge in [0.15, 0.2) is 0 Å². The Morgan fingerprint density at radius 1 is 1.60 bits per heavy atom. The lowest BCUT2D eigenvalue weighted by Gasteiger charge is -2.02. The van der Waals surface area contributed by atoms with Gasteiger partial charge in [0.05, 0.1) is 11.4 Å². The Hall–Kier alpha value is -1.12. The number of amides is 2. The molecule has 1 rings (SSSR count). The van der Waals surface area contributed by atoms with Crippen molar-refractivity contribution in [3.05, 3.63) is 12.3 Å². The molecule has 10 heavy (non-hydrogen) atoms. The molecular formula is C7H10N2O. The lowest BCUT2D eigenvalue weighted by molar-refractivity contribution is 0.253. The minimum atomic E-state index is -0.298. The Morgan fingerprint density at radius 2 is 2.20 bits per heavy atom. The monoisotopic (exact) mass is 138 g/mol. The number of carbonyl (C=O) groups excluding carboxylic acids is 1. The van der Waals surface area contributed by atoms with Crippen LogP contribution in [0.1, 0.15) is 13.8 Å². The molecule has 0 bridgehead atoms. The predicted octanol–water partition coefficient (Wildman–Crippen LogP) is 1.32. The highest BCUT2D eigenvalue weighted by molar-refractivity contribution is 6.13. The molecule has 0 aromatic carbocycles. The number of hydrogen-bond acceptors (Lipinski definition) is 1. The fraction of sp³-hybridized carbons (Fsp3) is 0.429. The molecule has 1 aliphatic heterocycles. The Bertz CT molecular complexity index is 216. The third-order valence-electron chi connectivity index (χ3n) is 1.34. The van der Waals surface area contributed by atoms with E-state index >= 15 is 0 Å². The summed E-state index contributed by atoms with van der Waals surface area (Å²) in [4.78, 5) is 14.3. The molecule has 0 aliphatic carbocycles. The lowest BCUT2D eigenvalue weighted by Crippen LogP contribution is -2.15. The normalized spacial score (nSPS) is 17.7. The van der Waals surface area contributed by atoms with E-state index in [0.717, 1.165) is 5.71 Å². The van der Waals surface area contributed by atoms with Crippen LogP contribution in [0.4, 0.5) is 4.79 Å². The number of rotatable bonds is 1. The van der Waals surface area contributed by atoms with E-state index in [4.69, 9.17) is 0 Å². The summed E-state index contributed by atoms with van der Waals surface area (Å²) in [5.41, 5.74) is 1.41. The molecule has 0 atom stereocenters. The Balaban J connectivity index is 2.85. The summed E-state index contributed by atoms with van der Waals surface area (Å²) >= 11 is 0. The smallest absolute Gasteiger partial charge is 0.305 e. The van der Waals surface area contributed by atoms with Crippen molar-refractivity contribution >= 4 is 11.7 Å². The van der Waals surface area contributed by atoms with Gasteiger partial charge in [0.25, 0.3) is 0 Å². The van der Waals surface area contributed by atoms with Gasteiger partial charge in [-0.3, -0.25) is 0 Å². The van der Waals surface area contributed by atoms with Crippen LogP contribution in [-0.2, 0) is 0 Å². The Morgan fingerprint density at radius 3 is 2.40 bits per heavy atom. The van der Waals surface area contributed by atoms with Crippen molar-refractivity contribution in [2.45, 2.75) is 13.8 Å². The number of carbonyl (C=O) groups is 1. The van der Waals surface area contributed by atoms with Gasteiger partial charge in [0.2, 0.25) is 0 Å². The molecule has 2 amide bonds. The van der Waals surface area contributed by atoms with Crippen molar-refractivity contribution in [3.8, 4) is 0 Å². The van der Waals surface area contributed by atoms with Crippen LogP contribution in [0.15, 0.2) is 17.3 Å². The largest absolute Gasteiger partial charge is 0.345 e. The van der Waals surface area contributed by atoms with Crippen molar-refractivity contribution in [2.75, 3.05) is 0 Å². The highest BCUT2D eigenvalue weighted by atomic mass is 16.2. The average molecular weight is 138 g/mol. The molecule has 1 heterocycles. The van der Waals surface area contributed by atoms with E-state index in [0.29, 0.717) is 5.70 Å². The highest BCUT2D eigenvalue weighted by Crippen LogP contribution is 2.09. The Kier molecular flexibility index (Phi) is 1.57. The molecule has 0 saturated carbocycles. The van der Waals surface area contributed by atoms with E-state index in [1.165, 1.54) is 0 Å². The van der Waals surface area contributed by atoms with Gasteiger partial charge >= 0.3 is 6.03 Å². The molecule has 54 valence electrons. The summed E-state index contributed by atoms with van der Waals surface area (Å²) in [6, 6.07) is -0.298. The summed E-state index contributed by atoms with van der Waals surface area (Å²) in [5, 5.41) is 2.51. The standard InChI is InChI=1S/C7H10N2O/c1-4(2)6-5(3)8-7(10)9-6/h4H,3H2,1-2H3,(H,8,10). The van der Waals surface area contributed by atoms with Crippen molar-refractivity contribution in [1.82, 2.24) is 5.32 Å². The van der Waals surface area contributed by atoms with Gasteiger partial charge in [-0.05, 0) is 5.92 Å². The van der Waals surface area contributed by atoms with E-state index < -0.39 is 0 Å². The molecule has 0 saturated heterocycles. The molecular weight excluding hydrogens is 128 g/mol. The zero-order valence-corrected chi connectivity index (χ0v) is 6.14. The van der Waals surface area contributed by atoms with Gasteiger partial charge in [-0.2, -0.15) is 4.99 Å². The fourth-order valence-corrected chi connectivity index (χ4v) is 0.876. The van der Waals surface area contributed by atoms with Crippen molar-refractivity contribution in [1.29, 1.82) is 0 Å². The second-order valence-corrected chi connectivity index (χ2v) is 2.56. The van der Waals surface area contributed by atoms with Crippen LogP contribution in [0.2, 0.25) is 0 Å². The average Bonchev–Trinajstić information content (AvgIpc) is 2.10. The number of urea groups is 1. The van der Waals surface area contributed by atoms with Gasteiger partial charge in [-0.25, -0.2) is 4.79 Å². The molecule has 1 aliphatic rings.